The smallest absolute Gasteiger partial charge is 0.254 e. The molecule has 1 saturated carbocycles. The van der Waals surface area contributed by atoms with E-state index in [1.807, 2.05) is 30.3 Å². The number of aliphatic hydroxyl groups is 2. The number of oxime groups is 1. The Morgan fingerprint density at radius 2 is 1.70 bits per heavy atom. The number of nitriles is 1. The molecule has 4 aliphatic rings. The lowest BCUT2D eigenvalue weighted by Crippen LogP contribution is -2.70. The van der Waals surface area contributed by atoms with Crippen molar-refractivity contribution >= 4 is 11.6 Å². The standard InChI is InChI=1S/C55H62FN3O8/c1-4-28-64-55-50(59(35-39-17-21-42(56)22-18-39)54(62)40-19-15-38(34-57)16-20-40)33-48(58-67-51-13-7-10-29-63-51)46-31-41(11-5-8-26-60)45(12-6-9-27-61)52(53(46)55)47-32-44(24-25-49(47)66-55)65-43-23-14-36(2)37(3)30-43/h4,14-25,30-32,41,45,50-53,60-61H,1,5-13,26-29,33,35H2,2-3H3/t41-,45+,50-,51?,52+,53+,55+/m0/s1. The number of unbranched alkanes of at least 4 members (excludes halogenated alkanes) is 2. The number of rotatable bonds is 19. The van der Waals surface area contributed by atoms with Crippen LogP contribution in [0.5, 0.6) is 17.2 Å². The molecule has 12 heteroatoms. The van der Waals surface area contributed by atoms with Crippen molar-refractivity contribution < 1.29 is 43.2 Å². The second kappa shape index (κ2) is 21.9. The van der Waals surface area contributed by atoms with E-state index in [4.69, 9.17) is 28.9 Å². The third-order valence-electron chi connectivity index (χ3n) is 13.9. The number of amides is 1. The molecule has 8 rings (SSSR count). The Labute approximate surface area is 393 Å². The van der Waals surface area contributed by atoms with Gasteiger partial charge in [-0.25, -0.2) is 4.39 Å². The summed E-state index contributed by atoms with van der Waals surface area (Å²) in [6.45, 7) is 9.04. The molecule has 2 N–H and O–H groups in total. The van der Waals surface area contributed by atoms with E-state index in [1.54, 1.807) is 47.4 Å². The molecule has 1 amide bonds. The summed E-state index contributed by atoms with van der Waals surface area (Å²) in [5.41, 5.74) is 6.18. The zero-order chi connectivity index (χ0) is 46.9. The van der Waals surface area contributed by atoms with Gasteiger partial charge in [-0.05, 0) is 153 Å². The highest BCUT2D eigenvalue weighted by Gasteiger charge is 2.65. The van der Waals surface area contributed by atoms with E-state index in [0.29, 0.717) is 65.5 Å². The number of ether oxygens (including phenoxy) is 4. The van der Waals surface area contributed by atoms with Gasteiger partial charge in [-0.2, -0.15) is 5.26 Å². The van der Waals surface area contributed by atoms with Gasteiger partial charge < -0.3 is 38.9 Å². The summed E-state index contributed by atoms with van der Waals surface area (Å²) < 4.78 is 41.8. The van der Waals surface area contributed by atoms with Crippen LogP contribution in [-0.4, -0.2) is 71.3 Å². The summed E-state index contributed by atoms with van der Waals surface area (Å²) in [5, 5.41) is 34.7. The number of benzene rings is 4. The molecule has 4 aromatic rings. The fourth-order valence-electron chi connectivity index (χ4n) is 10.5. The highest BCUT2D eigenvalue weighted by molar-refractivity contribution is 6.03. The highest BCUT2D eigenvalue weighted by atomic mass is 19.1. The summed E-state index contributed by atoms with van der Waals surface area (Å²) in [6, 6.07) is 25.9. The van der Waals surface area contributed by atoms with Crippen LogP contribution in [0, 0.1) is 48.7 Å². The highest BCUT2D eigenvalue weighted by Crippen LogP contribution is 2.62. The maximum absolute atomic E-state index is 15.4. The first-order valence-electron chi connectivity index (χ1n) is 23.8. The van der Waals surface area contributed by atoms with E-state index in [-0.39, 0.29) is 56.4 Å². The lowest BCUT2D eigenvalue weighted by atomic mass is 9.55. The van der Waals surface area contributed by atoms with Gasteiger partial charge in [-0.1, -0.05) is 48.3 Å². The Kier molecular flexibility index (Phi) is 15.5. The average molecular weight is 912 g/mol. The lowest BCUT2D eigenvalue weighted by molar-refractivity contribution is -0.255. The minimum absolute atomic E-state index is 0.00686. The first-order valence-corrected chi connectivity index (χ1v) is 23.8. The van der Waals surface area contributed by atoms with Gasteiger partial charge in [0.05, 0.1) is 36.5 Å². The van der Waals surface area contributed by atoms with E-state index in [9.17, 15) is 19.9 Å². The van der Waals surface area contributed by atoms with Gasteiger partial charge in [-0.3, -0.25) is 4.79 Å². The molecular formula is C55H62FN3O8. The Bertz CT molecular complexity index is 2460. The number of hydrogen-bond donors (Lipinski definition) is 2. The number of aliphatic hydroxyl groups excluding tert-OH is 2. The van der Waals surface area contributed by atoms with Crippen LogP contribution in [0.3, 0.4) is 0 Å². The molecular weight excluding hydrogens is 850 g/mol. The van der Waals surface area contributed by atoms with Crippen LogP contribution >= 0.6 is 0 Å². The van der Waals surface area contributed by atoms with E-state index < -0.39 is 29.9 Å². The number of allylic oxidation sites excluding steroid dienone is 1. The Hall–Kier alpha value is -5.84. The van der Waals surface area contributed by atoms with Crippen molar-refractivity contribution in [2.75, 3.05) is 26.4 Å². The summed E-state index contributed by atoms with van der Waals surface area (Å²) in [5.74, 6) is -1.18. The van der Waals surface area contributed by atoms with Crippen molar-refractivity contribution in [1.29, 1.82) is 5.26 Å². The Morgan fingerprint density at radius 1 is 0.955 bits per heavy atom. The number of aryl methyl sites for hydroxylation is 2. The second-order valence-electron chi connectivity index (χ2n) is 18.3. The SMILES string of the molecule is C=CCO[C@@]12Oc3ccc(Oc4ccc(C)c(C)c4)cc3[C@H]3[C@H](CCCCO)[C@@H](CCCCO)C=C(C(=NOC4CCCCO4)C[C@@H]1N(Cc1ccc(F)cc1)C(=O)c1ccc(C#N)cc1)[C@H]32. The van der Waals surface area contributed by atoms with Gasteiger partial charge in [0.15, 0.2) is 0 Å². The third kappa shape index (κ3) is 10.5. The minimum atomic E-state index is -1.54. The van der Waals surface area contributed by atoms with Crippen LogP contribution in [0.15, 0.2) is 114 Å². The predicted molar refractivity (Wildman–Crippen MR) is 253 cm³/mol. The normalized spacial score (nSPS) is 24.6. The predicted octanol–water partition coefficient (Wildman–Crippen LogP) is 10.6. The molecule has 0 aromatic heterocycles. The maximum atomic E-state index is 15.4. The van der Waals surface area contributed by atoms with Gasteiger partial charge in [-0.15, -0.1) is 6.58 Å². The summed E-state index contributed by atoms with van der Waals surface area (Å²) >= 11 is 0. The molecule has 67 heavy (non-hydrogen) atoms. The summed E-state index contributed by atoms with van der Waals surface area (Å²) in [6.07, 6.45) is 10.6. The van der Waals surface area contributed by atoms with E-state index in [1.165, 1.54) is 12.1 Å². The molecule has 1 saturated heterocycles. The molecule has 2 aliphatic heterocycles. The average Bonchev–Trinajstić information content (AvgIpc) is 3.35. The van der Waals surface area contributed by atoms with Crippen LogP contribution in [-0.2, 0) is 20.9 Å². The monoisotopic (exact) mass is 911 g/mol. The molecule has 2 aliphatic carbocycles. The van der Waals surface area contributed by atoms with Gasteiger partial charge in [0.1, 0.15) is 29.1 Å². The number of carbonyl (C=O) groups is 1. The summed E-state index contributed by atoms with van der Waals surface area (Å²) in [7, 11) is 0. The lowest BCUT2D eigenvalue weighted by Gasteiger charge is -2.60. The molecule has 0 bridgehead atoms. The molecule has 1 unspecified atom stereocenters. The van der Waals surface area contributed by atoms with Crippen molar-refractivity contribution in [2.45, 2.75) is 109 Å². The summed E-state index contributed by atoms with van der Waals surface area (Å²) in [4.78, 5) is 23.4. The van der Waals surface area contributed by atoms with Crippen LogP contribution < -0.4 is 9.47 Å². The molecule has 7 atom stereocenters. The first kappa shape index (κ1) is 47.6. The zero-order valence-corrected chi connectivity index (χ0v) is 38.6. The molecule has 2 fully saturated rings. The van der Waals surface area contributed by atoms with Crippen molar-refractivity contribution in [2.24, 2.45) is 22.9 Å². The van der Waals surface area contributed by atoms with Crippen LogP contribution in [0.1, 0.15) is 108 Å². The quantitative estimate of drug-likeness (QED) is 0.0534. The van der Waals surface area contributed by atoms with E-state index in [2.05, 4.69) is 38.6 Å². The van der Waals surface area contributed by atoms with Crippen LogP contribution in [0.4, 0.5) is 4.39 Å². The second-order valence-corrected chi connectivity index (χ2v) is 18.3. The third-order valence-corrected chi connectivity index (χ3v) is 13.9. The first-order chi connectivity index (χ1) is 32.7. The van der Waals surface area contributed by atoms with E-state index >= 15 is 4.79 Å². The molecule has 2 heterocycles. The van der Waals surface area contributed by atoms with Crippen LogP contribution in [0.2, 0.25) is 0 Å². The van der Waals surface area contributed by atoms with Gasteiger partial charge in [0.2, 0.25) is 12.1 Å². The molecule has 0 radical (unpaired) electrons. The molecule has 4 aromatic carbocycles. The van der Waals surface area contributed by atoms with Crippen molar-refractivity contribution in [3.8, 4) is 23.3 Å². The molecule has 11 nitrogen and oxygen atoms in total. The van der Waals surface area contributed by atoms with Crippen LogP contribution in [0.25, 0.3) is 0 Å². The van der Waals surface area contributed by atoms with Crippen molar-refractivity contribution in [3.63, 3.8) is 0 Å². The number of halogens is 1. The Balaban J connectivity index is 1.36. The van der Waals surface area contributed by atoms with Crippen molar-refractivity contribution in [1.82, 2.24) is 4.90 Å². The van der Waals surface area contributed by atoms with Crippen molar-refractivity contribution in [3.05, 3.63) is 148 Å². The van der Waals surface area contributed by atoms with Gasteiger partial charge in [0, 0.05) is 49.6 Å². The van der Waals surface area contributed by atoms with E-state index in [0.717, 1.165) is 60.8 Å². The van der Waals surface area contributed by atoms with Gasteiger partial charge in [0.25, 0.3) is 5.91 Å². The van der Waals surface area contributed by atoms with Gasteiger partial charge >= 0.3 is 0 Å². The fraction of sp³-hybridized carbons (Fsp3) is 0.436. The fourth-order valence-corrected chi connectivity index (χ4v) is 10.5. The number of fused-ring (bicyclic) bond motifs is 2. The topological polar surface area (TPSA) is 143 Å². The number of hydrogen-bond acceptors (Lipinski definition) is 10. The molecule has 352 valence electrons. The molecule has 0 spiro atoms. The number of carbonyl (C=O) groups excluding carboxylic acids is 1. The number of nitrogens with zero attached hydrogens (tertiary/aromatic N) is 3. The minimum Gasteiger partial charge on any atom is -0.459 e. The maximum Gasteiger partial charge on any atom is 0.254 e. The zero-order valence-electron chi connectivity index (χ0n) is 38.6. The largest absolute Gasteiger partial charge is 0.459 e. The Morgan fingerprint density at radius 3 is 2.40 bits per heavy atom.